The van der Waals surface area contributed by atoms with E-state index in [1.165, 1.54) is 24.2 Å². The summed E-state index contributed by atoms with van der Waals surface area (Å²) in [4.78, 5) is 10.00. The minimum atomic E-state index is 0.263. The Morgan fingerprint density at radius 3 is 2.92 bits per heavy atom. The molecule has 0 bridgehead atoms. The lowest BCUT2D eigenvalue weighted by molar-refractivity contribution is 0.127. The first-order valence-corrected chi connectivity index (χ1v) is 9.14. The SMILES string of the molecule is Cc1nnnn1C(=NOCc1csc(C#CC2CC2)n1)c1ccccc1. The molecule has 0 atom stereocenters. The quantitative estimate of drug-likeness (QED) is 0.308. The molecular weight excluding hydrogens is 348 g/mol. The number of hydrogen-bond donors (Lipinski definition) is 0. The molecule has 0 unspecified atom stereocenters. The van der Waals surface area contributed by atoms with Crippen LogP contribution in [-0.4, -0.2) is 31.0 Å². The number of tetrazole rings is 1. The third kappa shape index (κ3) is 3.95. The number of hydrogen-bond acceptors (Lipinski definition) is 7. The zero-order chi connectivity index (χ0) is 17.8. The van der Waals surface area contributed by atoms with Crippen molar-refractivity contribution in [3.8, 4) is 11.8 Å². The van der Waals surface area contributed by atoms with E-state index in [1.807, 2.05) is 42.6 Å². The largest absolute Gasteiger partial charge is 0.387 e. The normalized spacial score (nSPS) is 14.0. The standard InChI is InChI=1S/C18H16N6OS/c1-13-20-22-23-24(13)18(15-5-3-2-4-6-15)21-25-11-16-12-26-17(19-16)10-9-14-7-8-14/h2-6,12,14H,7-8,11H2,1H3. The van der Waals surface area contributed by atoms with E-state index >= 15 is 0 Å². The molecule has 26 heavy (non-hydrogen) atoms. The van der Waals surface area contributed by atoms with Crippen molar-refractivity contribution in [2.24, 2.45) is 11.1 Å². The van der Waals surface area contributed by atoms with Gasteiger partial charge in [0.1, 0.15) is 0 Å². The third-order valence-corrected chi connectivity index (χ3v) is 4.54. The van der Waals surface area contributed by atoms with Gasteiger partial charge in [0, 0.05) is 16.9 Å². The summed E-state index contributed by atoms with van der Waals surface area (Å²) in [5, 5.41) is 18.6. The lowest BCUT2D eigenvalue weighted by Crippen LogP contribution is -2.17. The van der Waals surface area contributed by atoms with Crippen LogP contribution in [0.4, 0.5) is 0 Å². The fourth-order valence-electron chi connectivity index (χ4n) is 2.21. The molecule has 2 heterocycles. The van der Waals surface area contributed by atoms with Crippen molar-refractivity contribution in [1.82, 2.24) is 25.2 Å². The molecule has 2 aromatic heterocycles. The van der Waals surface area contributed by atoms with Crippen molar-refractivity contribution < 1.29 is 4.84 Å². The Morgan fingerprint density at radius 1 is 1.35 bits per heavy atom. The van der Waals surface area contributed by atoms with Crippen molar-refractivity contribution in [3.63, 3.8) is 0 Å². The third-order valence-electron chi connectivity index (χ3n) is 3.73. The van der Waals surface area contributed by atoms with Gasteiger partial charge in [-0.2, -0.15) is 4.68 Å². The van der Waals surface area contributed by atoms with Gasteiger partial charge in [0.2, 0.25) is 5.84 Å². The summed E-state index contributed by atoms with van der Waals surface area (Å²) in [5.74, 6) is 8.05. The van der Waals surface area contributed by atoms with Crippen molar-refractivity contribution in [2.45, 2.75) is 26.4 Å². The molecule has 1 aliphatic carbocycles. The zero-order valence-corrected chi connectivity index (χ0v) is 15.0. The molecule has 7 nitrogen and oxygen atoms in total. The van der Waals surface area contributed by atoms with Crippen LogP contribution in [0.5, 0.6) is 0 Å². The second-order valence-corrected chi connectivity index (χ2v) is 6.74. The number of oxime groups is 1. The monoisotopic (exact) mass is 364 g/mol. The van der Waals surface area contributed by atoms with Gasteiger partial charge in [-0.1, -0.05) is 41.4 Å². The zero-order valence-electron chi connectivity index (χ0n) is 14.2. The summed E-state index contributed by atoms with van der Waals surface area (Å²) in [5.41, 5.74) is 1.66. The van der Waals surface area contributed by atoms with E-state index in [4.69, 9.17) is 4.84 Å². The Bertz CT molecular complexity index is 978. The highest BCUT2D eigenvalue weighted by Crippen LogP contribution is 2.27. The second kappa shape index (κ2) is 7.45. The number of aryl methyl sites for hydroxylation is 1. The van der Waals surface area contributed by atoms with Crippen LogP contribution in [0.1, 0.15) is 34.9 Å². The first kappa shape index (κ1) is 16.4. The number of benzene rings is 1. The van der Waals surface area contributed by atoms with Crippen LogP contribution in [0, 0.1) is 24.7 Å². The molecule has 1 aliphatic rings. The lowest BCUT2D eigenvalue weighted by atomic mass is 10.2. The van der Waals surface area contributed by atoms with Crippen LogP contribution >= 0.6 is 11.3 Å². The van der Waals surface area contributed by atoms with E-state index < -0.39 is 0 Å². The molecule has 0 radical (unpaired) electrons. The van der Waals surface area contributed by atoms with Gasteiger partial charge in [-0.05, 0) is 36.1 Å². The van der Waals surface area contributed by atoms with Gasteiger partial charge in [0.25, 0.3) is 0 Å². The molecule has 8 heteroatoms. The maximum atomic E-state index is 5.53. The molecule has 0 saturated heterocycles. The molecule has 1 aromatic carbocycles. The lowest BCUT2D eigenvalue weighted by Gasteiger charge is -2.06. The summed E-state index contributed by atoms with van der Waals surface area (Å²) >= 11 is 1.52. The highest BCUT2D eigenvalue weighted by atomic mass is 32.1. The smallest absolute Gasteiger partial charge is 0.203 e. The Hall–Kier alpha value is -3.05. The van der Waals surface area contributed by atoms with Crippen molar-refractivity contribution in [3.05, 3.63) is 57.8 Å². The van der Waals surface area contributed by atoms with Gasteiger partial charge in [-0.15, -0.1) is 16.4 Å². The molecular formula is C18H16N6OS. The molecule has 4 rings (SSSR count). The highest BCUT2D eigenvalue weighted by molar-refractivity contribution is 7.10. The predicted molar refractivity (Wildman–Crippen MR) is 97.4 cm³/mol. The van der Waals surface area contributed by atoms with E-state index in [0.29, 0.717) is 17.6 Å². The van der Waals surface area contributed by atoms with Crippen LogP contribution in [0.25, 0.3) is 0 Å². The van der Waals surface area contributed by atoms with Crippen molar-refractivity contribution in [1.29, 1.82) is 0 Å². The van der Waals surface area contributed by atoms with Gasteiger partial charge < -0.3 is 4.84 Å². The molecule has 0 N–H and O–H groups in total. The maximum Gasteiger partial charge on any atom is 0.203 e. The van der Waals surface area contributed by atoms with Crippen LogP contribution < -0.4 is 0 Å². The van der Waals surface area contributed by atoms with E-state index in [0.717, 1.165) is 16.3 Å². The Kier molecular flexibility index (Phi) is 4.71. The predicted octanol–water partition coefficient (Wildman–Crippen LogP) is 2.63. The fourth-order valence-corrected chi connectivity index (χ4v) is 2.87. The summed E-state index contributed by atoms with van der Waals surface area (Å²) in [7, 11) is 0. The molecule has 130 valence electrons. The molecule has 1 fully saturated rings. The van der Waals surface area contributed by atoms with Crippen molar-refractivity contribution in [2.75, 3.05) is 0 Å². The maximum absolute atomic E-state index is 5.53. The van der Waals surface area contributed by atoms with Crippen LogP contribution in [0.15, 0.2) is 40.9 Å². The molecule has 0 aliphatic heterocycles. The number of aromatic nitrogens is 5. The first-order chi connectivity index (χ1) is 12.8. The Morgan fingerprint density at radius 2 is 2.19 bits per heavy atom. The van der Waals surface area contributed by atoms with Crippen LogP contribution in [-0.2, 0) is 11.4 Å². The minimum Gasteiger partial charge on any atom is -0.387 e. The average Bonchev–Trinajstić information content (AvgIpc) is 3.24. The van der Waals surface area contributed by atoms with Crippen LogP contribution in [0.2, 0.25) is 0 Å². The molecule has 0 spiro atoms. The average molecular weight is 364 g/mol. The Labute approximate surface area is 154 Å². The van der Waals surface area contributed by atoms with Crippen molar-refractivity contribution >= 4 is 17.2 Å². The van der Waals surface area contributed by atoms with Gasteiger partial charge in [0.15, 0.2) is 17.4 Å². The van der Waals surface area contributed by atoms with Gasteiger partial charge in [-0.3, -0.25) is 0 Å². The molecule has 0 amide bonds. The first-order valence-electron chi connectivity index (χ1n) is 8.26. The fraction of sp³-hybridized carbons (Fsp3) is 0.278. The van der Waals surface area contributed by atoms with Gasteiger partial charge in [0.05, 0.1) is 5.69 Å². The second-order valence-electron chi connectivity index (χ2n) is 5.88. The Balaban J connectivity index is 1.49. The molecule has 1 saturated carbocycles. The highest BCUT2D eigenvalue weighted by Gasteiger charge is 2.18. The van der Waals surface area contributed by atoms with Gasteiger partial charge in [-0.25, -0.2) is 4.98 Å². The number of thiazole rings is 1. The van der Waals surface area contributed by atoms with Crippen LogP contribution in [0.3, 0.4) is 0 Å². The topological polar surface area (TPSA) is 78.1 Å². The summed E-state index contributed by atoms with van der Waals surface area (Å²) in [6.45, 7) is 2.07. The van der Waals surface area contributed by atoms with E-state index in [2.05, 4.69) is 37.5 Å². The summed E-state index contributed by atoms with van der Waals surface area (Å²) in [6.07, 6.45) is 2.42. The summed E-state index contributed by atoms with van der Waals surface area (Å²) in [6, 6.07) is 9.65. The van der Waals surface area contributed by atoms with E-state index in [-0.39, 0.29) is 6.61 Å². The molecule has 3 aromatic rings. The van der Waals surface area contributed by atoms with Gasteiger partial charge >= 0.3 is 0 Å². The van der Waals surface area contributed by atoms with E-state index in [1.54, 1.807) is 4.68 Å². The number of nitrogens with zero attached hydrogens (tertiary/aromatic N) is 6. The summed E-state index contributed by atoms with van der Waals surface area (Å²) < 4.78 is 1.54. The minimum absolute atomic E-state index is 0.263. The van der Waals surface area contributed by atoms with E-state index in [9.17, 15) is 0 Å². The number of rotatable bonds is 4.